The van der Waals surface area contributed by atoms with Gasteiger partial charge < -0.3 is 4.42 Å². The molecular formula is C22H17NO. The molecule has 0 saturated carbocycles. The van der Waals surface area contributed by atoms with Crippen LogP contribution < -0.4 is 11.0 Å². The van der Waals surface area contributed by atoms with Gasteiger partial charge in [-0.3, -0.25) is 0 Å². The van der Waals surface area contributed by atoms with Crippen molar-refractivity contribution in [3.05, 3.63) is 88.8 Å². The van der Waals surface area contributed by atoms with Gasteiger partial charge in [0.1, 0.15) is 11.1 Å². The predicted octanol–water partition coefficient (Wildman–Crippen LogP) is 4.04. The number of aryl methyl sites for hydroxylation is 1. The Bertz CT molecular complexity index is 1120. The van der Waals surface area contributed by atoms with Crippen LogP contribution >= 0.6 is 0 Å². The Morgan fingerprint density at radius 3 is 2.33 bits per heavy atom. The van der Waals surface area contributed by atoms with E-state index in [-0.39, 0.29) is 0 Å². The first-order chi connectivity index (χ1) is 11.7. The summed E-state index contributed by atoms with van der Waals surface area (Å²) in [4.78, 5) is 4.66. The molecule has 2 nitrogen and oxygen atoms in total. The molecule has 0 atom stereocenters. The Morgan fingerprint density at radius 2 is 1.58 bits per heavy atom. The Labute approximate surface area is 140 Å². The summed E-state index contributed by atoms with van der Waals surface area (Å²) in [6.07, 6.45) is 1.93. The molecule has 0 bridgehead atoms. The number of nitrogens with zero attached hydrogens (tertiary/aromatic N) is 1. The minimum Gasteiger partial charge on any atom is -0.437 e. The standard InChI is InChI=1S/C22H17NO/c1-15-12-18-10-6-7-11-19(18)14-20(15)22-16(2)24-21(23-22)13-17-8-4-3-5-9-17/h3-14H,2H2,1H3. The van der Waals surface area contributed by atoms with E-state index in [1.54, 1.807) is 0 Å². The molecule has 116 valence electrons. The first kappa shape index (κ1) is 14.5. The van der Waals surface area contributed by atoms with Gasteiger partial charge in [-0.05, 0) is 34.9 Å². The third-order valence-electron chi connectivity index (χ3n) is 4.15. The van der Waals surface area contributed by atoms with Gasteiger partial charge in [-0.25, -0.2) is 4.98 Å². The van der Waals surface area contributed by atoms with Crippen molar-refractivity contribution < 1.29 is 4.42 Å². The molecule has 0 radical (unpaired) electrons. The summed E-state index contributed by atoms with van der Waals surface area (Å²) in [7, 11) is 0. The number of aromatic nitrogens is 1. The van der Waals surface area contributed by atoms with Crippen molar-refractivity contribution in [3.8, 4) is 11.3 Å². The van der Waals surface area contributed by atoms with Gasteiger partial charge in [0.15, 0.2) is 0 Å². The Morgan fingerprint density at radius 1 is 0.917 bits per heavy atom. The van der Waals surface area contributed by atoms with E-state index in [1.807, 2.05) is 42.5 Å². The zero-order valence-electron chi connectivity index (χ0n) is 13.5. The highest BCUT2D eigenvalue weighted by Gasteiger charge is 2.09. The van der Waals surface area contributed by atoms with Gasteiger partial charge in [0.25, 0.3) is 0 Å². The summed E-state index contributed by atoms with van der Waals surface area (Å²) < 4.78 is 5.76. The molecule has 4 rings (SSSR count). The lowest BCUT2D eigenvalue weighted by atomic mass is 10.00. The molecule has 0 fully saturated rings. The molecule has 0 aliphatic carbocycles. The van der Waals surface area contributed by atoms with Gasteiger partial charge in [-0.15, -0.1) is 0 Å². The lowest BCUT2D eigenvalue weighted by Gasteiger charge is -2.05. The molecule has 0 aliphatic heterocycles. The second-order valence-corrected chi connectivity index (χ2v) is 5.89. The summed E-state index contributed by atoms with van der Waals surface area (Å²) in [5.41, 5.74) is 5.26. The fraction of sp³-hybridized carbons (Fsp3) is 0.0455. The Kier molecular flexibility index (Phi) is 3.51. The van der Waals surface area contributed by atoms with E-state index in [2.05, 4.69) is 48.8 Å². The van der Waals surface area contributed by atoms with E-state index in [1.165, 1.54) is 10.8 Å². The number of fused-ring (bicyclic) bond motifs is 1. The molecule has 1 aromatic heterocycles. The molecular weight excluding hydrogens is 294 g/mol. The second kappa shape index (κ2) is 5.82. The molecule has 0 saturated heterocycles. The number of hydrogen-bond donors (Lipinski definition) is 0. The number of benzene rings is 3. The van der Waals surface area contributed by atoms with Crippen LogP contribution in [0.3, 0.4) is 0 Å². The molecule has 1 heterocycles. The molecule has 0 unspecified atom stereocenters. The molecule has 0 aliphatic rings. The van der Waals surface area contributed by atoms with E-state index in [4.69, 9.17) is 4.42 Å². The van der Waals surface area contributed by atoms with Gasteiger partial charge in [-0.2, -0.15) is 0 Å². The van der Waals surface area contributed by atoms with Crippen molar-refractivity contribution in [2.45, 2.75) is 6.92 Å². The molecule has 4 aromatic rings. The van der Waals surface area contributed by atoms with E-state index in [0.29, 0.717) is 11.0 Å². The van der Waals surface area contributed by atoms with Crippen LogP contribution in [0.5, 0.6) is 0 Å². The molecule has 0 spiro atoms. The SMILES string of the molecule is C=c1oc(=Cc2ccccc2)nc1-c1cc2ccccc2cc1C. The van der Waals surface area contributed by atoms with Crippen LogP contribution in [-0.4, -0.2) is 4.98 Å². The topological polar surface area (TPSA) is 26.0 Å². The highest BCUT2D eigenvalue weighted by Crippen LogP contribution is 2.25. The van der Waals surface area contributed by atoms with Crippen LogP contribution in [0.1, 0.15) is 11.1 Å². The summed E-state index contributed by atoms with van der Waals surface area (Å²) in [6, 6.07) is 22.7. The fourth-order valence-corrected chi connectivity index (χ4v) is 2.94. The maximum atomic E-state index is 5.76. The van der Waals surface area contributed by atoms with Crippen LogP contribution in [0.15, 0.2) is 71.1 Å². The van der Waals surface area contributed by atoms with Crippen LogP contribution in [0, 0.1) is 6.92 Å². The van der Waals surface area contributed by atoms with E-state index >= 15 is 0 Å². The Hall–Kier alpha value is -3.13. The number of hydrogen-bond acceptors (Lipinski definition) is 2. The molecule has 24 heavy (non-hydrogen) atoms. The normalized spacial score (nSPS) is 12.0. The van der Waals surface area contributed by atoms with E-state index < -0.39 is 0 Å². The predicted molar refractivity (Wildman–Crippen MR) is 99.0 cm³/mol. The minimum atomic E-state index is 0.578. The fourth-order valence-electron chi connectivity index (χ4n) is 2.94. The average Bonchev–Trinajstić information content (AvgIpc) is 2.95. The molecule has 0 N–H and O–H groups in total. The summed E-state index contributed by atoms with van der Waals surface area (Å²) in [6.45, 7) is 6.12. The summed E-state index contributed by atoms with van der Waals surface area (Å²) >= 11 is 0. The first-order valence-corrected chi connectivity index (χ1v) is 7.93. The van der Waals surface area contributed by atoms with E-state index in [9.17, 15) is 0 Å². The van der Waals surface area contributed by atoms with Crippen molar-refractivity contribution >= 4 is 23.4 Å². The zero-order chi connectivity index (χ0) is 16.5. The number of rotatable bonds is 2. The summed E-state index contributed by atoms with van der Waals surface area (Å²) in [5.74, 6) is 0. The van der Waals surface area contributed by atoms with Gasteiger partial charge in [0, 0.05) is 11.6 Å². The van der Waals surface area contributed by atoms with Gasteiger partial charge in [0.05, 0.1) is 0 Å². The van der Waals surface area contributed by atoms with Crippen LogP contribution in [0.4, 0.5) is 0 Å². The lowest BCUT2D eigenvalue weighted by molar-refractivity contribution is 0.493. The van der Waals surface area contributed by atoms with Crippen molar-refractivity contribution in [3.63, 3.8) is 0 Å². The van der Waals surface area contributed by atoms with Gasteiger partial charge >= 0.3 is 0 Å². The maximum Gasteiger partial charge on any atom is 0.220 e. The summed E-state index contributed by atoms with van der Waals surface area (Å²) in [5, 5.41) is 2.41. The second-order valence-electron chi connectivity index (χ2n) is 5.89. The first-order valence-electron chi connectivity index (χ1n) is 7.93. The lowest BCUT2D eigenvalue weighted by Crippen LogP contribution is -2.00. The molecule has 3 aromatic carbocycles. The van der Waals surface area contributed by atoms with Crippen molar-refractivity contribution in [1.82, 2.24) is 4.98 Å². The van der Waals surface area contributed by atoms with Gasteiger partial charge in [0.2, 0.25) is 5.55 Å². The smallest absolute Gasteiger partial charge is 0.220 e. The van der Waals surface area contributed by atoms with Gasteiger partial charge in [-0.1, -0.05) is 67.2 Å². The molecule has 2 heteroatoms. The molecule has 0 amide bonds. The largest absolute Gasteiger partial charge is 0.437 e. The highest BCUT2D eigenvalue weighted by atomic mass is 16.3. The quantitative estimate of drug-likeness (QED) is 0.558. The third-order valence-corrected chi connectivity index (χ3v) is 4.15. The van der Waals surface area contributed by atoms with Crippen molar-refractivity contribution in [2.24, 2.45) is 0 Å². The Balaban J connectivity index is 1.88. The zero-order valence-corrected chi connectivity index (χ0v) is 13.5. The van der Waals surface area contributed by atoms with E-state index in [0.717, 1.165) is 22.4 Å². The average molecular weight is 311 g/mol. The van der Waals surface area contributed by atoms with Crippen LogP contribution in [-0.2, 0) is 0 Å². The minimum absolute atomic E-state index is 0.578. The third kappa shape index (κ3) is 2.63. The number of oxazole rings is 1. The van der Waals surface area contributed by atoms with Crippen molar-refractivity contribution in [2.75, 3.05) is 0 Å². The monoisotopic (exact) mass is 311 g/mol. The van der Waals surface area contributed by atoms with Crippen LogP contribution in [0.2, 0.25) is 0 Å². The highest BCUT2D eigenvalue weighted by molar-refractivity contribution is 5.88. The van der Waals surface area contributed by atoms with Crippen LogP contribution in [0.25, 0.3) is 34.7 Å². The van der Waals surface area contributed by atoms with Crippen molar-refractivity contribution in [1.29, 1.82) is 0 Å². The maximum absolute atomic E-state index is 5.76.